The monoisotopic (exact) mass is 462 g/mol. The highest BCUT2D eigenvalue weighted by Gasteiger charge is 2.36. The number of alkyl halides is 3. The number of piperidine rings is 1. The van der Waals surface area contributed by atoms with Crippen molar-refractivity contribution in [3.8, 4) is 0 Å². The van der Waals surface area contributed by atoms with Crippen LogP contribution in [-0.2, 0) is 21.0 Å². The van der Waals surface area contributed by atoms with Gasteiger partial charge in [0.1, 0.15) is 0 Å². The second-order valence-corrected chi connectivity index (χ2v) is 10.3. The third-order valence-corrected chi connectivity index (χ3v) is 7.90. The Morgan fingerprint density at radius 2 is 1.71 bits per heavy atom. The number of carbonyl (C=O) groups excluding carboxylic acids is 1. The van der Waals surface area contributed by atoms with Crippen LogP contribution in [-0.4, -0.2) is 75.6 Å². The van der Waals surface area contributed by atoms with Crippen molar-refractivity contribution in [3.63, 3.8) is 0 Å². The van der Waals surface area contributed by atoms with Crippen molar-refractivity contribution < 1.29 is 26.4 Å². The molecular weight excluding hydrogens is 433 g/mol. The fourth-order valence-corrected chi connectivity index (χ4v) is 5.08. The van der Waals surface area contributed by atoms with Crippen molar-refractivity contribution in [1.29, 1.82) is 0 Å². The number of rotatable bonds is 5. The molecule has 3 rings (SSSR count). The summed E-state index contributed by atoms with van der Waals surface area (Å²) in [5.74, 6) is -1.05. The first-order chi connectivity index (χ1) is 14.5. The topological polar surface area (TPSA) is 73.0 Å². The van der Waals surface area contributed by atoms with Gasteiger partial charge < -0.3 is 15.1 Å². The summed E-state index contributed by atoms with van der Waals surface area (Å²) in [7, 11) is -1.36. The number of nitrogens with zero attached hydrogens (tertiary/aromatic N) is 3. The molecule has 0 radical (unpaired) electrons. The average Bonchev–Trinajstić information content (AvgIpc) is 2.74. The minimum atomic E-state index is -4.61. The fourth-order valence-electron chi connectivity index (χ4n) is 3.95. The Morgan fingerprint density at radius 3 is 2.26 bits per heavy atom. The minimum absolute atomic E-state index is 0.0154. The van der Waals surface area contributed by atoms with Crippen LogP contribution >= 0.6 is 0 Å². The van der Waals surface area contributed by atoms with Gasteiger partial charge in [-0.2, -0.15) is 13.2 Å². The standard InChI is InChI=1S/C20H29F3N4O3S/c1-3-31(29,30)27-8-6-15(7-9-27)19(28)24-18-5-4-16(14-17(18)20(21,22)23)26-12-10-25(2)11-13-26/h4-5,14-15H,3,6-13H2,1-2H3,(H,24,28). The Balaban J connectivity index is 1.71. The third-order valence-electron chi connectivity index (χ3n) is 6.02. The molecule has 0 bridgehead atoms. The minimum Gasteiger partial charge on any atom is -0.369 e. The maximum absolute atomic E-state index is 13.7. The Bertz CT molecular complexity index is 891. The fraction of sp³-hybridized carbons (Fsp3) is 0.650. The maximum Gasteiger partial charge on any atom is 0.418 e. The first-order valence-electron chi connectivity index (χ1n) is 10.4. The highest BCUT2D eigenvalue weighted by Crippen LogP contribution is 2.38. The van der Waals surface area contributed by atoms with E-state index < -0.39 is 33.6 Å². The van der Waals surface area contributed by atoms with Gasteiger partial charge in [0.2, 0.25) is 15.9 Å². The molecule has 0 aliphatic carbocycles. The van der Waals surface area contributed by atoms with Gasteiger partial charge >= 0.3 is 6.18 Å². The van der Waals surface area contributed by atoms with Crippen LogP contribution in [0.25, 0.3) is 0 Å². The van der Waals surface area contributed by atoms with E-state index in [1.807, 2.05) is 11.9 Å². The lowest BCUT2D eigenvalue weighted by molar-refractivity contribution is -0.137. The van der Waals surface area contributed by atoms with Crippen molar-refractivity contribution in [1.82, 2.24) is 9.21 Å². The summed E-state index contributed by atoms with van der Waals surface area (Å²) in [5.41, 5.74) is -0.654. The summed E-state index contributed by atoms with van der Waals surface area (Å²) in [6.45, 7) is 4.76. The predicted molar refractivity (Wildman–Crippen MR) is 114 cm³/mol. The first kappa shape index (κ1) is 23.8. The van der Waals surface area contributed by atoms with Crippen LogP contribution in [0.3, 0.4) is 0 Å². The van der Waals surface area contributed by atoms with Crippen LogP contribution in [0.5, 0.6) is 0 Å². The van der Waals surface area contributed by atoms with E-state index in [0.717, 1.165) is 19.2 Å². The molecule has 1 aromatic carbocycles. The number of anilines is 2. The molecule has 2 saturated heterocycles. The first-order valence-corrected chi connectivity index (χ1v) is 12.1. The molecule has 1 amide bonds. The molecule has 11 heteroatoms. The van der Waals surface area contributed by atoms with E-state index in [4.69, 9.17) is 0 Å². The number of hydrogen-bond donors (Lipinski definition) is 1. The number of halogens is 3. The molecule has 2 aliphatic rings. The largest absolute Gasteiger partial charge is 0.418 e. The van der Waals surface area contributed by atoms with E-state index >= 15 is 0 Å². The second kappa shape index (κ2) is 9.33. The van der Waals surface area contributed by atoms with Gasteiger partial charge in [-0.25, -0.2) is 12.7 Å². The molecule has 2 aliphatic heterocycles. The van der Waals surface area contributed by atoms with E-state index in [0.29, 0.717) is 18.8 Å². The number of carbonyl (C=O) groups is 1. The zero-order chi connectivity index (χ0) is 22.8. The quantitative estimate of drug-likeness (QED) is 0.728. The molecule has 0 saturated carbocycles. The third kappa shape index (κ3) is 5.69. The Hall–Kier alpha value is -1.85. The van der Waals surface area contributed by atoms with Crippen LogP contribution in [0.4, 0.5) is 24.5 Å². The van der Waals surface area contributed by atoms with Crippen molar-refractivity contribution >= 4 is 27.3 Å². The Labute approximate surface area is 181 Å². The number of hydrogen-bond acceptors (Lipinski definition) is 5. The van der Waals surface area contributed by atoms with E-state index in [1.165, 1.54) is 10.4 Å². The van der Waals surface area contributed by atoms with Crippen LogP contribution < -0.4 is 10.2 Å². The summed E-state index contributed by atoms with van der Waals surface area (Å²) in [4.78, 5) is 16.7. The summed E-state index contributed by atoms with van der Waals surface area (Å²) in [6.07, 6.45) is -4.04. The SMILES string of the molecule is CCS(=O)(=O)N1CCC(C(=O)Nc2ccc(N3CCN(C)CC3)cc2C(F)(F)F)CC1. The van der Waals surface area contributed by atoms with Crippen molar-refractivity contribution in [2.45, 2.75) is 25.9 Å². The summed E-state index contributed by atoms with van der Waals surface area (Å²) < 4.78 is 66.4. The average molecular weight is 463 g/mol. The van der Waals surface area contributed by atoms with E-state index in [2.05, 4.69) is 10.2 Å². The van der Waals surface area contributed by atoms with E-state index in [-0.39, 0.29) is 37.4 Å². The lowest BCUT2D eigenvalue weighted by atomic mass is 9.97. The van der Waals surface area contributed by atoms with Crippen molar-refractivity contribution in [3.05, 3.63) is 23.8 Å². The van der Waals surface area contributed by atoms with Crippen LogP contribution in [0.15, 0.2) is 18.2 Å². The highest BCUT2D eigenvalue weighted by atomic mass is 32.2. The van der Waals surface area contributed by atoms with Gasteiger partial charge in [0.25, 0.3) is 0 Å². The number of amides is 1. The molecule has 0 unspecified atom stereocenters. The molecule has 31 heavy (non-hydrogen) atoms. The van der Waals surface area contributed by atoms with Gasteiger partial charge in [0.15, 0.2) is 0 Å². The number of nitrogens with one attached hydrogen (secondary N) is 1. The van der Waals surface area contributed by atoms with Gasteiger partial charge in [0.05, 0.1) is 17.0 Å². The summed E-state index contributed by atoms with van der Waals surface area (Å²) >= 11 is 0. The van der Waals surface area contributed by atoms with Gasteiger partial charge in [-0.3, -0.25) is 4.79 Å². The van der Waals surface area contributed by atoms with Crippen LogP contribution in [0.1, 0.15) is 25.3 Å². The normalized spacial score (nSPS) is 20.1. The van der Waals surface area contributed by atoms with Gasteiger partial charge in [-0.1, -0.05) is 0 Å². The molecule has 2 heterocycles. The molecule has 1 aromatic rings. The second-order valence-electron chi connectivity index (χ2n) is 8.08. The molecule has 0 aromatic heterocycles. The molecular formula is C20H29F3N4O3S. The van der Waals surface area contributed by atoms with Gasteiger partial charge in [-0.05, 0) is 45.0 Å². The molecule has 0 atom stereocenters. The predicted octanol–water partition coefficient (Wildman–Crippen LogP) is 2.46. The van der Waals surface area contributed by atoms with Crippen LogP contribution in [0, 0.1) is 5.92 Å². The smallest absolute Gasteiger partial charge is 0.369 e. The summed E-state index contributed by atoms with van der Waals surface area (Å²) in [6, 6.07) is 4.01. The van der Waals surface area contributed by atoms with Gasteiger partial charge in [-0.15, -0.1) is 0 Å². The molecule has 0 spiro atoms. The van der Waals surface area contributed by atoms with Crippen molar-refractivity contribution in [2.75, 3.05) is 62.3 Å². The van der Waals surface area contributed by atoms with Crippen LogP contribution in [0.2, 0.25) is 0 Å². The number of likely N-dealkylation sites (N-methyl/N-ethyl adjacent to an activating group) is 1. The number of piperazine rings is 1. The van der Waals surface area contributed by atoms with E-state index in [1.54, 1.807) is 13.0 Å². The Kier molecular flexibility index (Phi) is 7.17. The van der Waals surface area contributed by atoms with Crippen molar-refractivity contribution in [2.24, 2.45) is 5.92 Å². The molecule has 1 N–H and O–H groups in total. The lowest BCUT2D eigenvalue weighted by Gasteiger charge is -2.34. The summed E-state index contributed by atoms with van der Waals surface area (Å²) in [5, 5.41) is 2.44. The zero-order valence-electron chi connectivity index (χ0n) is 17.8. The molecule has 174 valence electrons. The number of sulfonamides is 1. The highest BCUT2D eigenvalue weighted by molar-refractivity contribution is 7.89. The number of benzene rings is 1. The molecule has 2 fully saturated rings. The lowest BCUT2D eigenvalue weighted by Crippen LogP contribution is -2.44. The maximum atomic E-state index is 13.7. The van der Waals surface area contributed by atoms with E-state index in [9.17, 15) is 26.4 Å². The Morgan fingerprint density at radius 1 is 1.10 bits per heavy atom. The zero-order valence-corrected chi connectivity index (χ0v) is 18.6. The van der Waals surface area contributed by atoms with Gasteiger partial charge in [0, 0.05) is 50.9 Å². The molecule has 7 nitrogen and oxygen atoms in total.